The van der Waals surface area contributed by atoms with Crippen LogP contribution >= 0.6 is 0 Å². The molecule has 5 nitrogen and oxygen atoms in total. The van der Waals surface area contributed by atoms with E-state index < -0.39 is 17.8 Å². The molecule has 4 rings (SSSR count). The van der Waals surface area contributed by atoms with Crippen molar-refractivity contribution in [3.63, 3.8) is 0 Å². The molecular weight excluding hydrogens is 258 g/mol. The fourth-order valence-corrected chi connectivity index (χ4v) is 4.15. The van der Waals surface area contributed by atoms with Gasteiger partial charge in [0.1, 0.15) is 6.10 Å². The molecule has 20 heavy (non-hydrogen) atoms. The Labute approximate surface area is 117 Å². The van der Waals surface area contributed by atoms with Gasteiger partial charge in [-0.1, -0.05) is 6.07 Å². The average Bonchev–Trinajstić information content (AvgIpc) is 2.85. The highest BCUT2D eigenvalue weighted by atomic mass is 16.5. The highest BCUT2D eigenvalue weighted by Crippen LogP contribution is 2.57. The first-order valence-electron chi connectivity index (χ1n) is 7.08. The van der Waals surface area contributed by atoms with Gasteiger partial charge in [-0.15, -0.1) is 0 Å². The molecular formula is C15H19NO4. The number of nitrogens with two attached hydrogens (primary N) is 1. The third-order valence-electron chi connectivity index (χ3n) is 5.20. The zero-order chi connectivity index (χ0) is 14.1. The first kappa shape index (κ1) is 12.4. The first-order valence-corrected chi connectivity index (χ1v) is 7.08. The fraction of sp³-hybridized carbons (Fsp3) is 0.600. The zero-order valence-electron chi connectivity index (χ0n) is 11.4. The molecule has 0 radical (unpaired) electrons. The Kier molecular flexibility index (Phi) is 2.41. The summed E-state index contributed by atoms with van der Waals surface area (Å²) in [6.07, 6.45) is 0.652. The van der Waals surface area contributed by atoms with E-state index in [0.29, 0.717) is 30.8 Å². The Hall–Kier alpha value is -1.30. The molecule has 2 aliphatic carbocycles. The minimum atomic E-state index is -0.992. The van der Waals surface area contributed by atoms with Crippen molar-refractivity contribution in [1.82, 2.24) is 0 Å². The Balaban J connectivity index is 1.95. The van der Waals surface area contributed by atoms with Crippen LogP contribution in [0.3, 0.4) is 0 Å². The molecule has 1 aromatic rings. The van der Waals surface area contributed by atoms with Crippen LogP contribution in [0.25, 0.3) is 0 Å². The Morgan fingerprint density at radius 1 is 1.45 bits per heavy atom. The maximum atomic E-state index is 11.0. The van der Waals surface area contributed by atoms with E-state index in [-0.39, 0.29) is 12.0 Å². The molecule has 1 saturated carbocycles. The summed E-state index contributed by atoms with van der Waals surface area (Å²) < 4.78 is 11.3. The van der Waals surface area contributed by atoms with E-state index in [4.69, 9.17) is 15.2 Å². The summed E-state index contributed by atoms with van der Waals surface area (Å²) in [6.45, 7) is 0. The highest BCUT2D eigenvalue weighted by molar-refractivity contribution is 5.59. The molecule has 4 N–H and O–H groups in total. The van der Waals surface area contributed by atoms with Crippen LogP contribution in [0.15, 0.2) is 12.1 Å². The van der Waals surface area contributed by atoms with Crippen molar-refractivity contribution in [2.45, 2.75) is 49.0 Å². The Morgan fingerprint density at radius 2 is 2.25 bits per heavy atom. The van der Waals surface area contributed by atoms with Gasteiger partial charge in [-0.05, 0) is 30.9 Å². The second kappa shape index (κ2) is 3.87. The molecule has 1 aliphatic heterocycles. The maximum Gasteiger partial charge on any atom is 0.165 e. The zero-order valence-corrected chi connectivity index (χ0v) is 11.4. The van der Waals surface area contributed by atoms with Crippen LogP contribution in [0.5, 0.6) is 11.5 Å². The number of hydrogen-bond donors (Lipinski definition) is 3. The largest absolute Gasteiger partial charge is 0.493 e. The molecule has 5 heteroatoms. The summed E-state index contributed by atoms with van der Waals surface area (Å²) in [7, 11) is 1.60. The van der Waals surface area contributed by atoms with Crippen molar-refractivity contribution in [3.8, 4) is 11.5 Å². The molecule has 0 spiro atoms. The van der Waals surface area contributed by atoms with Crippen LogP contribution in [0.2, 0.25) is 0 Å². The molecule has 0 amide bonds. The number of methoxy groups -OCH3 is 1. The van der Waals surface area contributed by atoms with Gasteiger partial charge in [0.25, 0.3) is 0 Å². The van der Waals surface area contributed by atoms with Crippen LogP contribution in [-0.4, -0.2) is 41.2 Å². The molecule has 0 bridgehead atoms. The van der Waals surface area contributed by atoms with Gasteiger partial charge < -0.3 is 25.4 Å². The number of aliphatic hydroxyl groups is 2. The number of ether oxygens (including phenoxy) is 2. The lowest BCUT2D eigenvalue weighted by Gasteiger charge is -2.48. The molecule has 1 unspecified atom stereocenters. The SMILES string of the molecule is COc1ccc2c3c1O[C@H]1C3[C@](O)(CC[C@@H]1O)[C@@H](N)C2. The predicted molar refractivity (Wildman–Crippen MR) is 72.0 cm³/mol. The summed E-state index contributed by atoms with van der Waals surface area (Å²) in [4.78, 5) is 0. The van der Waals surface area contributed by atoms with E-state index >= 15 is 0 Å². The molecule has 108 valence electrons. The number of benzene rings is 1. The minimum absolute atomic E-state index is 0.255. The fourth-order valence-electron chi connectivity index (χ4n) is 4.15. The van der Waals surface area contributed by atoms with E-state index in [1.54, 1.807) is 7.11 Å². The molecule has 1 heterocycles. The molecule has 1 fully saturated rings. The number of hydrogen-bond acceptors (Lipinski definition) is 5. The van der Waals surface area contributed by atoms with Crippen LogP contribution in [0.4, 0.5) is 0 Å². The first-order chi connectivity index (χ1) is 9.56. The maximum absolute atomic E-state index is 11.0. The van der Waals surface area contributed by atoms with E-state index in [9.17, 15) is 10.2 Å². The van der Waals surface area contributed by atoms with Crippen molar-refractivity contribution in [3.05, 3.63) is 23.3 Å². The van der Waals surface area contributed by atoms with Gasteiger partial charge in [0.05, 0.1) is 24.7 Å². The van der Waals surface area contributed by atoms with Gasteiger partial charge in [-0.2, -0.15) is 0 Å². The van der Waals surface area contributed by atoms with Crippen LogP contribution in [0.1, 0.15) is 29.9 Å². The minimum Gasteiger partial charge on any atom is -0.493 e. The average molecular weight is 277 g/mol. The predicted octanol–water partition coefficient (Wildman–Crippen LogP) is 0.309. The number of rotatable bonds is 1. The molecule has 1 aromatic carbocycles. The van der Waals surface area contributed by atoms with E-state index in [0.717, 1.165) is 11.1 Å². The summed E-state index contributed by atoms with van der Waals surface area (Å²) in [5, 5.41) is 21.3. The van der Waals surface area contributed by atoms with E-state index in [1.807, 2.05) is 12.1 Å². The normalized spacial score (nSPS) is 41.0. The molecule has 5 atom stereocenters. The van der Waals surface area contributed by atoms with Crippen molar-refractivity contribution < 1.29 is 19.7 Å². The van der Waals surface area contributed by atoms with Gasteiger partial charge in [0.2, 0.25) is 0 Å². The lowest BCUT2D eigenvalue weighted by atomic mass is 9.62. The van der Waals surface area contributed by atoms with E-state index in [1.165, 1.54) is 0 Å². The highest BCUT2D eigenvalue weighted by Gasteiger charge is 2.60. The standard InChI is InChI=1S/C15H19NO4/c1-19-9-3-2-7-6-10(16)15(18)5-4-8(17)13-12(15)11(7)14(9)20-13/h2-3,8,10,12-13,17-18H,4-6,16H2,1H3/t8-,10-,12?,13+,15-/m0/s1. The molecule has 0 saturated heterocycles. The van der Waals surface area contributed by atoms with Gasteiger partial charge >= 0.3 is 0 Å². The summed E-state index contributed by atoms with van der Waals surface area (Å²) in [5.74, 6) is 1.07. The van der Waals surface area contributed by atoms with Gasteiger partial charge in [0, 0.05) is 11.6 Å². The van der Waals surface area contributed by atoms with Crippen molar-refractivity contribution in [2.75, 3.05) is 7.11 Å². The van der Waals surface area contributed by atoms with Crippen molar-refractivity contribution >= 4 is 0 Å². The smallest absolute Gasteiger partial charge is 0.165 e. The molecule has 3 aliphatic rings. The Bertz CT molecular complexity index is 575. The van der Waals surface area contributed by atoms with Crippen molar-refractivity contribution in [1.29, 1.82) is 0 Å². The second-order valence-corrected chi connectivity index (χ2v) is 6.14. The summed E-state index contributed by atoms with van der Waals surface area (Å²) in [6, 6.07) is 3.54. The van der Waals surface area contributed by atoms with E-state index in [2.05, 4.69) is 0 Å². The Morgan fingerprint density at radius 3 is 3.00 bits per heavy atom. The topological polar surface area (TPSA) is 84.9 Å². The second-order valence-electron chi connectivity index (χ2n) is 6.14. The van der Waals surface area contributed by atoms with Crippen LogP contribution < -0.4 is 15.2 Å². The molecule has 0 aromatic heterocycles. The van der Waals surface area contributed by atoms with Gasteiger partial charge in [0.15, 0.2) is 11.5 Å². The summed E-state index contributed by atoms with van der Waals surface area (Å²) >= 11 is 0. The van der Waals surface area contributed by atoms with Crippen molar-refractivity contribution in [2.24, 2.45) is 5.73 Å². The lowest BCUT2D eigenvalue weighted by molar-refractivity contribution is -0.112. The van der Waals surface area contributed by atoms with Gasteiger partial charge in [-0.3, -0.25) is 0 Å². The lowest BCUT2D eigenvalue weighted by Crippen LogP contribution is -2.62. The van der Waals surface area contributed by atoms with Crippen LogP contribution in [0, 0.1) is 0 Å². The third kappa shape index (κ3) is 1.33. The monoisotopic (exact) mass is 277 g/mol. The van der Waals surface area contributed by atoms with Gasteiger partial charge in [-0.25, -0.2) is 0 Å². The third-order valence-corrected chi connectivity index (χ3v) is 5.20. The quantitative estimate of drug-likeness (QED) is 0.688. The van der Waals surface area contributed by atoms with Crippen LogP contribution in [-0.2, 0) is 6.42 Å². The number of aliphatic hydroxyl groups excluding tert-OH is 1. The summed E-state index contributed by atoms with van der Waals surface area (Å²) in [5.41, 5.74) is 7.31.